The number of aromatic nitrogens is 2. The Morgan fingerprint density at radius 3 is 2.49 bits per heavy atom. The van der Waals surface area contributed by atoms with E-state index < -0.39 is 5.97 Å². The second-order valence-corrected chi connectivity index (χ2v) is 10.6. The fourth-order valence-electron chi connectivity index (χ4n) is 4.68. The lowest BCUT2D eigenvalue weighted by molar-refractivity contribution is -0.138. The zero-order chi connectivity index (χ0) is 25.2. The third-order valence-corrected chi connectivity index (χ3v) is 6.52. The van der Waals surface area contributed by atoms with Crippen molar-refractivity contribution in [2.75, 3.05) is 30.4 Å². The molecule has 0 spiro atoms. The Bertz CT molecular complexity index is 1070. The van der Waals surface area contributed by atoms with Gasteiger partial charge < -0.3 is 25.2 Å². The molecule has 1 aliphatic carbocycles. The van der Waals surface area contributed by atoms with E-state index in [9.17, 15) is 9.59 Å². The van der Waals surface area contributed by atoms with E-state index in [0.717, 1.165) is 31.4 Å². The summed E-state index contributed by atoms with van der Waals surface area (Å²) in [5.41, 5.74) is 8.18. The summed E-state index contributed by atoms with van der Waals surface area (Å²) in [6, 6.07) is 8.10. The summed E-state index contributed by atoms with van der Waals surface area (Å²) >= 11 is 0. The topological polar surface area (TPSA) is 128 Å². The van der Waals surface area contributed by atoms with Crippen molar-refractivity contribution in [2.45, 2.75) is 58.8 Å². The smallest absolute Gasteiger partial charge is 0.321 e. The van der Waals surface area contributed by atoms with Crippen LogP contribution in [0.2, 0.25) is 0 Å². The van der Waals surface area contributed by atoms with Crippen LogP contribution in [0.3, 0.4) is 0 Å². The first-order valence-electron chi connectivity index (χ1n) is 12.2. The molecular formula is C26H34N4O5. The number of amides is 1. The Kier molecular flexibility index (Phi) is 7.14. The van der Waals surface area contributed by atoms with Crippen molar-refractivity contribution in [1.82, 2.24) is 9.97 Å². The number of benzene rings is 1. The molecular weight excluding hydrogens is 448 g/mol. The van der Waals surface area contributed by atoms with E-state index in [0.29, 0.717) is 19.1 Å². The number of carboxylic acids is 1. The van der Waals surface area contributed by atoms with E-state index in [1.54, 1.807) is 4.90 Å². The summed E-state index contributed by atoms with van der Waals surface area (Å²) in [5, 5.41) is 9.03. The molecule has 35 heavy (non-hydrogen) atoms. The molecule has 2 heterocycles. The first-order valence-corrected chi connectivity index (χ1v) is 12.2. The molecule has 1 amide bonds. The van der Waals surface area contributed by atoms with Gasteiger partial charge in [0.25, 0.3) is 5.91 Å². The molecule has 9 heteroatoms. The van der Waals surface area contributed by atoms with Crippen LogP contribution in [-0.2, 0) is 4.79 Å². The van der Waals surface area contributed by atoms with Crippen molar-refractivity contribution in [3.63, 3.8) is 0 Å². The molecule has 1 fully saturated rings. The molecule has 1 aliphatic heterocycles. The highest BCUT2D eigenvalue weighted by atomic mass is 16.5. The quantitative estimate of drug-likeness (QED) is 0.625. The summed E-state index contributed by atoms with van der Waals surface area (Å²) in [6.07, 6.45) is 4.07. The number of hydrogen-bond donors (Lipinski definition) is 2. The van der Waals surface area contributed by atoms with E-state index in [2.05, 4.69) is 22.1 Å². The van der Waals surface area contributed by atoms with Gasteiger partial charge >= 0.3 is 12.0 Å². The summed E-state index contributed by atoms with van der Waals surface area (Å²) in [4.78, 5) is 34.5. The molecule has 1 saturated carbocycles. The van der Waals surface area contributed by atoms with Crippen molar-refractivity contribution in [2.24, 2.45) is 11.3 Å². The van der Waals surface area contributed by atoms with Gasteiger partial charge in [0.15, 0.2) is 0 Å². The number of fused-ring (bicyclic) bond motifs is 1. The molecule has 188 valence electrons. The lowest BCUT2D eigenvalue weighted by Crippen LogP contribution is -2.32. The average molecular weight is 483 g/mol. The number of rotatable bonds is 6. The second kappa shape index (κ2) is 10.1. The molecule has 1 aromatic carbocycles. The van der Waals surface area contributed by atoms with Crippen molar-refractivity contribution in [3.8, 4) is 11.9 Å². The highest BCUT2D eigenvalue weighted by Crippen LogP contribution is 2.38. The first-order chi connectivity index (χ1) is 16.6. The maximum atomic E-state index is 13.4. The fraction of sp³-hybridized carbons (Fsp3) is 0.538. The Morgan fingerprint density at radius 1 is 1.17 bits per heavy atom. The number of aliphatic carboxylic acids is 1. The number of anilines is 2. The summed E-state index contributed by atoms with van der Waals surface area (Å²) in [6.45, 7) is 7.13. The number of ether oxygens (including phenoxy) is 2. The Morgan fingerprint density at radius 2 is 1.86 bits per heavy atom. The minimum atomic E-state index is -0.717. The highest BCUT2D eigenvalue weighted by Gasteiger charge is 2.31. The SMILES string of the molecule is CC(C)(C)COc1nc(N)c2c(n1)OCCN(c1ccc(C3CCC(CC(=O)O)CC3)cc1)C2=O. The molecule has 0 radical (unpaired) electrons. The Hall–Kier alpha value is -3.36. The fourth-order valence-corrected chi connectivity index (χ4v) is 4.68. The van der Waals surface area contributed by atoms with Gasteiger partial charge in [0.05, 0.1) is 13.2 Å². The van der Waals surface area contributed by atoms with Crippen molar-refractivity contribution in [1.29, 1.82) is 0 Å². The highest BCUT2D eigenvalue weighted by molar-refractivity contribution is 6.10. The van der Waals surface area contributed by atoms with Crippen molar-refractivity contribution in [3.05, 3.63) is 35.4 Å². The lowest BCUT2D eigenvalue weighted by Gasteiger charge is -2.28. The summed E-state index contributed by atoms with van der Waals surface area (Å²) < 4.78 is 11.4. The number of carbonyl (C=O) groups excluding carboxylic acids is 1. The number of nitrogens with zero attached hydrogens (tertiary/aromatic N) is 3. The summed E-state index contributed by atoms with van der Waals surface area (Å²) in [5.74, 6) is -0.169. The molecule has 0 unspecified atom stereocenters. The predicted molar refractivity (Wildman–Crippen MR) is 132 cm³/mol. The summed E-state index contributed by atoms with van der Waals surface area (Å²) in [7, 11) is 0. The van der Waals surface area contributed by atoms with Crippen LogP contribution in [0, 0.1) is 11.3 Å². The number of nitrogen functional groups attached to an aromatic ring is 1. The van der Waals surface area contributed by atoms with Gasteiger partial charge in [-0.05, 0) is 60.6 Å². The number of hydrogen-bond acceptors (Lipinski definition) is 7. The molecule has 9 nitrogen and oxygen atoms in total. The largest absolute Gasteiger partial charge is 0.481 e. The van der Waals surface area contributed by atoms with Crippen LogP contribution in [0.15, 0.2) is 24.3 Å². The maximum absolute atomic E-state index is 13.4. The van der Waals surface area contributed by atoms with Crippen LogP contribution in [0.25, 0.3) is 0 Å². The van der Waals surface area contributed by atoms with Gasteiger partial charge in [-0.3, -0.25) is 9.59 Å². The van der Waals surface area contributed by atoms with Crippen LogP contribution in [0.4, 0.5) is 11.5 Å². The van der Waals surface area contributed by atoms with Gasteiger partial charge in [-0.1, -0.05) is 32.9 Å². The maximum Gasteiger partial charge on any atom is 0.321 e. The third-order valence-electron chi connectivity index (χ3n) is 6.52. The number of nitrogens with two attached hydrogens (primary N) is 1. The molecule has 4 rings (SSSR count). The monoisotopic (exact) mass is 482 g/mol. The van der Waals surface area contributed by atoms with Gasteiger partial charge in [-0.25, -0.2) is 0 Å². The van der Waals surface area contributed by atoms with Gasteiger partial charge in [-0.15, -0.1) is 0 Å². The Balaban J connectivity index is 1.47. The molecule has 1 aromatic heterocycles. The van der Waals surface area contributed by atoms with Crippen LogP contribution < -0.4 is 20.1 Å². The second-order valence-electron chi connectivity index (χ2n) is 10.6. The zero-order valence-corrected chi connectivity index (χ0v) is 20.6. The third kappa shape index (κ3) is 6.01. The standard InChI is InChI=1S/C26H34N4O5/c1-26(2,3)15-35-25-28-22(27)21-23(29-25)34-13-12-30(24(21)33)19-10-8-18(9-11-19)17-6-4-16(5-7-17)14-20(31)32/h8-11,16-17H,4-7,12-15H2,1-3H3,(H,31,32)(H2,27,28,29). The molecule has 2 aliphatic rings. The van der Waals surface area contributed by atoms with E-state index >= 15 is 0 Å². The van der Waals surface area contributed by atoms with Crippen LogP contribution in [-0.4, -0.2) is 46.7 Å². The van der Waals surface area contributed by atoms with Crippen molar-refractivity contribution < 1.29 is 24.2 Å². The molecule has 0 saturated heterocycles. The van der Waals surface area contributed by atoms with Crippen LogP contribution >= 0.6 is 0 Å². The van der Waals surface area contributed by atoms with Gasteiger partial charge in [0, 0.05) is 12.1 Å². The van der Waals surface area contributed by atoms with Crippen molar-refractivity contribution >= 4 is 23.4 Å². The predicted octanol–water partition coefficient (Wildman–Crippen LogP) is 4.27. The minimum absolute atomic E-state index is 0.0329. The molecule has 0 atom stereocenters. The molecule has 3 N–H and O–H groups in total. The lowest BCUT2D eigenvalue weighted by atomic mass is 9.77. The number of carbonyl (C=O) groups is 2. The minimum Gasteiger partial charge on any atom is -0.481 e. The zero-order valence-electron chi connectivity index (χ0n) is 20.6. The normalized spacial score (nSPS) is 20.5. The van der Waals surface area contributed by atoms with E-state index in [-0.39, 0.29) is 53.5 Å². The van der Waals surface area contributed by atoms with Gasteiger partial charge in [0.1, 0.15) is 18.0 Å². The van der Waals surface area contributed by atoms with Crippen LogP contribution in [0.5, 0.6) is 11.9 Å². The molecule has 0 bridgehead atoms. The van der Waals surface area contributed by atoms with E-state index in [4.69, 9.17) is 20.3 Å². The first kappa shape index (κ1) is 24.8. The Labute approximate surface area is 205 Å². The van der Waals surface area contributed by atoms with E-state index in [1.165, 1.54) is 5.56 Å². The van der Waals surface area contributed by atoms with Gasteiger partial charge in [-0.2, -0.15) is 9.97 Å². The number of carboxylic acid groups (broad SMARTS) is 1. The van der Waals surface area contributed by atoms with E-state index in [1.807, 2.05) is 32.9 Å². The average Bonchev–Trinajstić information content (AvgIpc) is 2.96. The molecule has 2 aromatic rings. The van der Waals surface area contributed by atoms with Gasteiger partial charge in [0.2, 0.25) is 5.88 Å². The van der Waals surface area contributed by atoms with Crippen LogP contribution in [0.1, 0.15) is 74.7 Å².